The van der Waals surface area contributed by atoms with E-state index in [1.54, 1.807) is 25.1 Å². The van der Waals surface area contributed by atoms with Crippen LogP contribution in [0.15, 0.2) is 18.2 Å². The summed E-state index contributed by atoms with van der Waals surface area (Å²) in [5, 5.41) is 2.79. The van der Waals surface area contributed by atoms with Crippen LogP contribution >= 0.6 is 0 Å². The van der Waals surface area contributed by atoms with E-state index in [9.17, 15) is 4.79 Å². The maximum absolute atomic E-state index is 12.0. The monoisotopic (exact) mass is 317 g/mol. The lowest BCUT2D eigenvalue weighted by Crippen LogP contribution is -2.43. The van der Waals surface area contributed by atoms with Crippen molar-refractivity contribution in [2.75, 3.05) is 21.3 Å². The Labute approximate surface area is 137 Å². The highest BCUT2D eigenvalue weighted by atomic mass is 16.5. The molecule has 0 bridgehead atoms. The highest BCUT2D eigenvalue weighted by molar-refractivity contribution is 5.92. The molecule has 1 N–H and O–H groups in total. The van der Waals surface area contributed by atoms with E-state index in [1.165, 1.54) is 27.4 Å². The lowest BCUT2D eigenvalue weighted by atomic mass is 10.0. The molecule has 0 saturated heterocycles. The lowest BCUT2D eigenvalue weighted by molar-refractivity contribution is -0.117. The fourth-order valence-electron chi connectivity index (χ4n) is 1.91. The van der Waals surface area contributed by atoms with Crippen molar-refractivity contribution in [2.45, 2.75) is 25.8 Å². The van der Waals surface area contributed by atoms with Gasteiger partial charge in [0.25, 0.3) is 0 Å². The second-order valence-electron chi connectivity index (χ2n) is 5.11. The molecule has 0 aliphatic heterocycles. The number of hydrogen-bond donors (Lipinski definition) is 1. The first-order chi connectivity index (χ1) is 10.9. The summed E-state index contributed by atoms with van der Waals surface area (Å²) in [7, 11) is 4.61. The minimum Gasteiger partial charge on any atom is -0.493 e. The van der Waals surface area contributed by atoms with Crippen LogP contribution in [0.5, 0.6) is 17.2 Å². The Bertz CT molecular complexity index is 605. The summed E-state index contributed by atoms with van der Waals surface area (Å²) in [6.07, 6.45) is 9.17. The second kappa shape index (κ2) is 8.14. The third kappa shape index (κ3) is 4.68. The number of methoxy groups -OCH3 is 3. The van der Waals surface area contributed by atoms with Gasteiger partial charge >= 0.3 is 0 Å². The van der Waals surface area contributed by atoms with Gasteiger partial charge < -0.3 is 19.5 Å². The zero-order valence-electron chi connectivity index (χ0n) is 14.2. The van der Waals surface area contributed by atoms with Gasteiger partial charge in [0.05, 0.1) is 26.9 Å². The molecule has 0 aliphatic rings. The number of rotatable bonds is 7. The molecule has 1 rings (SSSR count). The number of carbonyl (C=O) groups excluding carboxylic acids is 1. The molecule has 23 heavy (non-hydrogen) atoms. The number of ether oxygens (including phenoxy) is 3. The average molecular weight is 317 g/mol. The van der Waals surface area contributed by atoms with E-state index >= 15 is 0 Å². The van der Waals surface area contributed by atoms with Crippen LogP contribution < -0.4 is 19.5 Å². The van der Waals surface area contributed by atoms with E-state index in [1.807, 2.05) is 6.92 Å². The third-order valence-corrected chi connectivity index (χ3v) is 3.54. The standard InChI is InChI=1S/C18H23NO4/c1-7-18(3,8-2)19-16(20)10-9-13-11-14(21-4)17(23-6)15(12-13)22-5/h1,9-12H,8H2,2-6H3,(H,19,20). The smallest absolute Gasteiger partial charge is 0.245 e. The van der Waals surface area contributed by atoms with Crippen LogP contribution in [0.3, 0.4) is 0 Å². The van der Waals surface area contributed by atoms with Gasteiger partial charge in [-0.3, -0.25) is 4.79 Å². The molecule has 5 heteroatoms. The Morgan fingerprint density at radius 2 is 1.83 bits per heavy atom. The highest BCUT2D eigenvalue weighted by Crippen LogP contribution is 2.38. The first-order valence-electron chi connectivity index (χ1n) is 7.21. The molecule has 0 fully saturated rings. The summed E-state index contributed by atoms with van der Waals surface area (Å²) in [5.41, 5.74) is 0.0880. The van der Waals surface area contributed by atoms with E-state index in [2.05, 4.69) is 11.2 Å². The number of terminal acetylenes is 1. The van der Waals surface area contributed by atoms with E-state index in [-0.39, 0.29) is 5.91 Å². The Hall–Kier alpha value is -2.61. The van der Waals surface area contributed by atoms with E-state index in [0.29, 0.717) is 23.7 Å². The zero-order valence-corrected chi connectivity index (χ0v) is 14.2. The first kappa shape index (κ1) is 18.4. The van der Waals surface area contributed by atoms with Gasteiger partial charge in [0, 0.05) is 6.08 Å². The van der Waals surface area contributed by atoms with E-state index in [0.717, 1.165) is 5.56 Å². The quantitative estimate of drug-likeness (QED) is 0.620. The number of nitrogens with one attached hydrogen (secondary N) is 1. The molecule has 1 aromatic rings. The molecule has 0 heterocycles. The van der Waals surface area contributed by atoms with Gasteiger partial charge in [-0.1, -0.05) is 12.8 Å². The topological polar surface area (TPSA) is 56.8 Å². The fraction of sp³-hybridized carbons (Fsp3) is 0.389. The average Bonchev–Trinajstić information content (AvgIpc) is 2.58. The van der Waals surface area contributed by atoms with Crippen molar-refractivity contribution in [1.29, 1.82) is 0 Å². The van der Waals surface area contributed by atoms with Gasteiger partial charge in [-0.2, -0.15) is 0 Å². The summed E-state index contributed by atoms with van der Waals surface area (Å²) < 4.78 is 15.8. The van der Waals surface area contributed by atoms with Gasteiger partial charge in [0.1, 0.15) is 0 Å². The predicted octanol–water partition coefficient (Wildman–Crippen LogP) is 2.64. The SMILES string of the molecule is C#CC(C)(CC)NC(=O)C=Cc1cc(OC)c(OC)c(OC)c1. The summed E-state index contributed by atoms with van der Waals surface area (Å²) in [6.45, 7) is 3.72. The normalized spacial score (nSPS) is 13.0. The molecule has 1 unspecified atom stereocenters. The van der Waals surface area contributed by atoms with Crippen molar-refractivity contribution in [3.8, 4) is 29.6 Å². The van der Waals surface area contributed by atoms with Crippen molar-refractivity contribution < 1.29 is 19.0 Å². The molecule has 1 atom stereocenters. The maximum atomic E-state index is 12.0. The van der Waals surface area contributed by atoms with Crippen LogP contribution in [0.1, 0.15) is 25.8 Å². The van der Waals surface area contributed by atoms with Crippen molar-refractivity contribution >= 4 is 12.0 Å². The minimum absolute atomic E-state index is 0.263. The van der Waals surface area contributed by atoms with Crippen LogP contribution in [0.4, 0.5) is 0 Å². The Balaban J connectivity index is 3.01. The number of benzene rings is 1. The largest absolute Gasteiger partial charge is 0.493 e. The number of hydrogen-bond acceptors (Lipinski definition) is 4. The second-order valence-corrected chi connectivity index (χ2v) is 5.11. The Morgan fingerprint density at radius 1 is 1.26 bits per heavy atom. The summed E-state index contributed by atoms with van der Waals surface area (Å²) in [4.78, 5) is 12.0. The van der Waals surface area contributed by atoms with Gasteiger partial charge in [0.2, 0.25) is 11.7 Å². The van der Waals surface area contributed by atoms with E-state index in [4.69, 9.17) is 20.6 Å². The molecule has 5 nitrogen and oxygen atoms in total. The van der Waals surface area contributed by atoms with E-state index < -0.39 is 5.54 Å². The summed E-state index contributed by atoms with van der Waals surface area (Å²) >= 11 is 0. The van der Waals surface area contributed by atoms with Crippen LogP contribution in [-0.4, -0.2) is 32.8 Å². The fourth-order valence-corrected chi connectivity index (χ4v) is 1.91. The highest BCUT2D eigenvalue weighted by Gasteiger charge is 2.19. The van der Waals surface area contributed by atoms with Gasteiger partial charge in [-0.05, 0) is 37.1 Å². The number of carbonyl (C=O) groups is 1. The van der Waals surface area contributed by atoms with Crippen molar-refractivity contribution in [1.82, 2.24) is 5.32 Å². The molecule has 0 saturated carbocycles. The maximum Gasteiger partial charge on any atom is 0.245 e. The van der Waals surface area contributed by atoms with Gasteiger partial charge in [0.15, 0.2) is 11.5 Å². The van der Waals surface area contributed by atoms with Crippen LogP contribution in [-0.2, 0) is 4.79 Å². The van der Waals surface area contributed by atoms with Crippen LogP contribution in [0.2, 0.25) is 0 Å². The van der Waals surface area contributed by atoms with Crippen molar-refractivity contribution in [3.05, 3.63) is 23.8 Å². The molecule has 1 amide bonds. The molecule has 0 radical (unpaired) electrons. The summed E-state index contributed by atoms with van der Waals surface area (Å²) in [5.74, 6) is 3.87. The van der Waals surface area contributed by atoms with Gasteiger partial charge in [-0.15, -0.1) is 6.42 Å². The minimum atomic E-state index is -0.656. The Morgan fingerprint density at radius 3 is 2.22 bits per heavy atom. The molecule has 124 valence electrons. The third-order valence-electron chi connectivity index (χ3n) is 3.54. The molecule has 1 aromatic carbocycles. The summed E-state index contributed by atoms with van der Waals surface area (Å²) in [6, 6.07) is 3.51. The molecule has 0 aliphatic carbocycles. The zero-order chi connectivity index (χ0) is 17.5. The predicted molar refractivity (Wildman–Crippen MR) is 90.8 cm³/mol. The first-order valence-corrected chi connectivity index (χ1v) is 7.21. The van der Waals surface area contributed by atoms with Gasteiger partial charge in [-0.25, -0.2) is 0 Å². The number of amides is 1. The molecule has 0 aromatic heterocycles. The molecular formula is C18H23NO4. The van der Waals surface area contributed by atoms with Crippen molar-refractivity contribution in [2.24, 2.45) is 0 Å². The lowest BCUT2D eigenvalue weighted by Gasteiger charge is -2.22. The van der Waals surface area contributed by atoms with Crippen LogP contribution in [0.25, 0.3) is 6.08 Å². The molecule has 0 spiro atoms. The Kier molecular flexibility index (Phi) is 6.52. The van der Waals surface area contributed by atoms with Crippen molar-refractivity contribution in [3.63, 3.8) is 0 Å². The van der Waals surface area contributed by atoms with Crippen LogP contribution in [0, 0.1) is 12.3 Å². The molecular weight excluding hydrogens is 294 g/mol.